The van der Waals surface area contributed by atoms with E-state index in [1.807, 2.05) is 30.5 Å². The molecule has 39 heavy (non-hydrogen) atoms. The van der Waals surface area contributed by atoms with E-state index in [1.165, 1.54) is 14.2 Å². The molecule has 1 heterocycles. The fraction of sp³-hybridized carbons (Fsp3) is 0.414. The highest BCUT2D eigenvalue weighted by Gasteiger charge is 2.25. The number of nitrogens with zero attached hydrogens (tertiary/aromatic N) is 3. The van der Waals surface area contributed by atoms with Crippen LogP contribution in [-0.4, -0.2) is 58.8 Å². The summed E-state index contributed by atoms with van der Waals surface area (Å²) in [5.74, 6) is 1.03. The van der Waals surface area contributed by atoms with Crippen LogP contribution in [0.25, 0.3) is 0 Å². The molecule has 0 saturated carbocycles. The minimum Gasteiger partial charge on any atom is -0.493 e. The molecule has 0 atom stereocenters. The number of benzene rings is 2. The van der Waals surface area contributed by atoms with Crippen molar-refractivity contribution in [3.8, 4) is 17.2 Å². The van der Waals surface area contributed by atoms with Gasteiger partial charge in [-0.2, -0.15) is 0 Å². The predicted molar refractivity (Wildman–Crippen MR) is 149 cm³/mol. The molecule has 3 aromatic rings. The van der Waals surface area contributed by atoms with Gasteiger partial charge in [0.15, 0.2) is 18.1 Å². The first kappa shape index (κ1) is 29.8. The molecule has 0 aliphatic heterocycles. The van der Waals surface area contributed by atoms with Crippen molar-refractivity contribution in [1.29, 1.82) is 0 Å². The number of aliphatic carboxylic acids is 1. The van der Waals surface area contributed by atoms with Crippen molar-refractivity contribution in [3.05, 3.63) is 69.8 Å². The maximum Gasteiger partial charge on any atom is 0.341 e. The van der Waals surface area contributed by atoms with Gasteiger partial charge in [0.05, 0.1) is 43.6 Å². The summed E-state index contributed by atoms with van der Waals surface area (Å²) in [6, 6.07) is 10.6. The molecule has 1 aromatic heterocycles. The Morgan fingerprint density at radius 2 is 1.79 bits per heavy atom. The van der Waals surface area contributed by atoms with E-state index in [0.717, 1.165) is 23.4 Å². The van der Waals surface area contributed by atoms with Crippen LogP contribution in [0, 0.1) is 19.8 Å². The zero-order chi connectivity index (χ0) is 28.7. The van der Waals surface area contributed by atoms with Crippen LogP contribution in [-0.2, 0) is 17.9 Å². The van der Waals surface area contributed by atoms with E-state index < -0.39 is 12.6 Å². The number of ether oxygens (including phenoxy) is 3. The van der Waals surface area contributed by atoms with Gasteiger partial charge in [-0.15, -0.1) is 0 Å². The number of carbonyl (C=O) groups excluding carboxylic acids is 1. The Kier molecular flexibility index (Phi) is 10.2. The lowest BCUT2D eigenvalue weighted by atomic mass is 10.1. The third kappa shape index (κ3) is 7.23. The van der Waals surface area contributed by atoms with E-state index in [1.54, 1.807) is 29.2 Å². The van der Waals surface area contributed by atoms with Crippen molar-refractivity contribution >= 4 is 23.5 Å². The molecule has 10 heteroatoms. The van der Waals surface area contributed by atoms with Gasteiger partial charge in [-0.05, 0) is 44.4 Å². The van der Waals surface area contributed by atoms with Crippen molar-refractivity contribution in [3.63, 3.8) is 0 Å². The van der Waals surface area contributed by atoms with Crippen LogP contribution in [0.1, 0.15) is 53.4 Å². The normalized spacial score (nSPS) is 11.0. The summed E-state index contributed by atoms with van der Waals surface area (Å²) in [6.45, 7) is 8.83. The molecule has 0 bridgehead atoms. The average molecular weight is 558 g/mol. The largest absolute Gasteiger partial charge is 0.493 e. The summed E-state index contributed by atoms with van der Waals surface area (Å²) < 4.78 is 18.3. The molecular weight excluding hydrogens is 522 g/mol. The number of hydrogen-bond acceptors (Lipinski definition) is 6. The van der Waals surface area contributed by atoms with E-state index in [4.69, 9.17) is 35.9 Å². The standard InChI is InChI=1S/C29H36ClN3O6/c1-18(2)13-14-32(29(36)22-11-12-24(37-5)28(38-6)27(22)30)16-25-31-19(3)20(4)33(25)15-21-9-7-8-10-23(21)39-17-26(34)35/h7-12,18H,13-17H2,1-6H3,(H,34,35). The topological polar surface area (TPSA) is 103 Å². The first-order chi connectivity index (χ1) is 18.6. The molecular formula is C29H36ClN3O6. The minimum absolute atomic E-state index is 0.191. The molecule has 0 spiro atoms. The smallest absolute Gasteiger partial charge is 0.341 e. The zero-order valence-corrected chi connectivity index (χ0v) is 24.0. The predicted octanol–water partition coefficient (Wildman–Crippen LogP) is 5.37. The number of carbonyl (C=O) groups is 2. The van der Waals surface area contributed by atoms with E-state index in [-0.39, 0.29) is 17.5 Å². The van der Waals surface area contributed by atoms with Crippen LogP contribution in [0.3, 0.4) is 0 Å². The van der Waals surface area contributed by atoms with Gasteiger partial charge in [0.25, 0.3) is 5.91 Å². The van der Waals surface area contributed by atoms with Crippen LogP contribution >= 0.6 is 11.6 Å². The number of carboxylic acids is 1. The molecule has 0 aliphatic carbocycles. The Bertz CT molecular complexity index is 1320. The van der Waals surface area contributed by atoms with Crippen molar-refractivity contribution < 1.29 is 28.9 Å². The third-order valence-corrected chi connectivity index (χ3v) is 6.88. The van der Waals surface area contributed by atoms with Crippen molar-refractivity contribution in [2.24, 2.45) is 5.92 Å². The fourth-order valence-electron chi connectivity index (χ4n) is 4.20. The molecule has 2 aromatic carbocycles. The fourth-order valence-corrected chi connectivity index (χ4v) is 4.52. The highest BCUT2D eigenvalue weighted by Crippen LogP contribution is 2.38. The SMILES string of the molecule is COc1ccc(C(=O)N(CCC(C)C)Cc2nc(C)c(C)n2Cc2ccccc2OCC(=O)O)c(Cl)c1OC. The Labute approximate surface area is 234 Å². The van der Waals surface area contributed by atoms with Crippen LogP contribution in [0.5, 0.6) is 17.2 Å². The monoisotopic (exact) mass is 557 g/mol. The number of para-hydroxylation sites is 1. The molecule has 0 fully saturated rings. The van der Waals surface area contributed by atoms with Crippen molar-refractivity contribution in [2.45, 2.75) is 47.2 Å². The maximum absolute atomic E-state index is 13.8. The number of rotatable bonds is 13. The van der Waals surface area contributed by atoms with Gasteiger partial charge in [-0.3, -0.25) is 4.79 Å². The highest BCUT2D eigenvalue weighted by molar-refractivity contribution is 6.35. The lowest BCUT2D eigenvalue weighted by molar-refractivity contribution is -0.139. The van der Waals surface area contributed by atoms with Gasteiger partial charge in [-0.25, -0.2) is 9.78 Å². The summed E-state index contributed by atoms with van der Waals surface area (Å²) in [4.78, 5) is 31.5. The number of aryl methyl sites for hydroxylation is 1. The second-order valence-electron chi connectivity index (χ2n) is 9.65. The second-order valence-corrected chi connectivity index (χ2v) is 10.0. The van der Waals surface area contributed by atoms with Gasteiger partial charge in [0, 0.05) is 17.8 Å². The van der Waals surface area contributed by atoms with Gasteiger partial charge in [0.2, 0.25) is 0 Å². The van der Waals surface area contributed by atoms with Crippen molar-refractivity contribution in [1.82, 2.24) is 14.5 Å². The Morgan fingerprint density at radius 1 is 1.08 bits per heavy atom. The molecule has 9 nitrogen and oxygen atoms in total. The van der Waals surface area contributed by atoms with Gasteiger partial charge in [-0.1, -0.05) is 43.6 Å². The molecule has 1 amide bonds. The Hall–Kier alpha value is -3.72. The number of halogens is 1. The van der Waals surface area contributed by atoms with Crippen LogP contribution in [0.2, 0.25) is 5.02 Å². The molecule has 0 aliphatic rings. The Morgan fingerprint density at radius 3 is 2.44 bits per heavy atom. The van der Waals surface area contributed by atoms with E-state index in [0.29, 0.717) is 47.6 Å². The van der Waals surface area contributed by atoms with E-state index in [2.05, 4.69) is 13.8 Å². The summed E-state index contributed by atoms with van der Waals surface area (Å²) >= 11 is 6.61. The van der Waals surface area contributed by atoms with E-state index >= 15 is 0 Å². The minimum atomic E-state index is -1.05. The number of carboxylic acid groups (broad SMARTS) is 1. The summed E-state index contributed by atoms with van der Waals surface area (Å²) in [7, 11) is 2.99. The molecule has 0 radical (unpaired) electrons. The summed E-state index contributed by atoms with van der Waals surface area (Å²) in [6.07, 6.45) is 0.793. The van der Waals surface area contributed by atoms with Crippen LogP contribution in [0.4, 0.5) is 0 Å². The van der Waals surface area contributed by atoms with Crippen LogP contribution in [0.15, 0.2) is 36.4 Å². The molecule has 1 N–H and O–H groups in total. The average Bonchev–Trinajstić information content (AvgIpc) is 3.16. The lowest BCUT2D eigenvalue weighted by Gasteiger charge is -2.25. The summed E-state index contributed by atoms with van der Waals surface area (Å²) in [5, 5.41) is 9.25. The zero-order valence-electron chi connectivity index (χ0n) is 23.3. The first-order valence-corrected chi connectivity index (χ1v) is 13.1. The molecule has 3 rings (SSSR count). The number of methoxy groups -OCH3 is 2. The lowest BCUT2D eigenvalue weighted by Crippen LogP contribution is -2.33. The van der Waals surface area contributed by atoms with Gasteiger partial charge in [0.1, 0.15) is 11.6 Å². The van der Waals surface area contributed by atoms with Crippen LogP contribution < -0.4 is 14.2 Å². The van der Waals surface area contributed by atoms with E-state index in [9.17, 15) is 9.59 Å². The maximum atomic E-state index is 13.8. The number of amides is 1. The molecule has 0 saturated heterocycles. The van der Waals surface area contributed by atoms with Gasteiger partial charge >= 0.3 is 5.97 Å². The number of imidazole rings is 1. The quantitative estimate of drug-likeness (QED) is 0.301. The summed E-state index contributed by atoms with van der Waals surface area (Å²) in [5.41, 5.74) is 2.91. The Balaban J connectivity index is 1.98. The highest BCUT2D eigenvalue weighted by atomic mass is 35.5. The van der Waals surface area contributed by atoms with Gasteiger partial charge < -0.3 is 28.8 Å². The first-order valence-electron chi connectivity index (χ1n) is 12.7. The number of aromatic nitrogens is 2. The second kappa shape index (κ2) is 13.4. The molecule has 210 valence electrons. The molecule has 0 unspecified atom stereocenters. The van der Waals surface area contributed by atoms with Crippen molar-refractivity contribution in [2.75, 3.05) is 27.4 Å². The number of hydrogen-bond donors (Lipinski definition) is 1. The third-order valence-electron chi connectivity index (χ3n) is 6.50.